The number of phenolic OH excluding ortho intramolecular Hbond substituents is 2. The van der Waals surface area contributed by atoms with Crippen molar-refractivity contribution in [1.29, 1.82) is 0 Å². The van der Waals surface area contributed by atoms with Crippen LogP contribution in [0, 0.1) is 0 Å². The molecule has 3 aromatic rings. The fourth-order valence-electron chi connectivity index (χ4n) is 4.11. The molecule has 0 saturated carbocycles. The lowest BCUT2D eigenvalue weighted by molar-refractivity contribution is -0.646. The Morgan fingerprint density at radius 3 is 2.44 bits per heavy atom. The first-order valence-electron chi connectivity index (χ1n) is 10.1. The molecule has 6 heteroatoms. The van der Waals surface area contributed by atoms with Crippen LogP contribution in [0.1, 0.15) is 11.3 Å². The lowest BCUT2D eigenvalue weighted by Gasteiger charge is -2.28. The first-order valence-corrected chi connectivity index (χ1v) is 10.1. The van der Waals surface area contributed by atoms with Gasteiger partial charge in [-0.05, 0) is 48.6 Å². The second-order valence-electron chi connectivity index (χ2n) is 7.91. The fourth-order valence-corrected chi connectivity index (χ4v) is 4.11. The zero-order valence-electron chi connectivity index (χ0n) is 17.6. The quantitative estimate of drug-likeness (QED) is 0.428. The molecular formula is C26H21N2O4+. The van der Waals surface area contributed by atoms with Gasteiger partial charge in [0.2, 0.25) is 17.0 Å². The predicted octanol–water partition coefficient (Wildman–Crippen LogP) is 3.90. The third-order valence-electron chi connectivity index (χ3n) is 5.97. The highest BCUT2D eigenvalue weighted by molar-refractivity contribution is 6.23. The van der Waals surface area contributed by atoms with Gasteiger partial charge in [0, 0.05) is 42.2 Å². The van der Waals surface area contributed by atoms with Crippen molar-refractivity contribution in [2.45, 2.75) is 0 Å². The molecule has 0 bridgehead atoms. The standard InChI is InChI=1S/C26H20N2O4/c1-27-17(5-3-15-11-19(29)7-9-23(15)27)13-21-25(31)22(26(21)32)14-18-6-4-16-12-20(30)8-10-24(16)28(18)2/h3-14H,1-2H3,(H2-,29,30,31,32)/p+1. The van der Waals surface area contributed by atoms with Crippen LogP contribution in [0.4, 0.5) is 5.69 Å². The smallest absolute Gasteiger partial charge is 0.212 e. The molecule has 0 saturated heterocycles. The van der Waals surface area contributed by atoms with Crippen LogP contribution in [-0.4, -0.2) is 28.2 Å². The number of aromatic hydroxyl groups is 2. The van der Waals surface area contributed by atoms with E-state index < -0.39 is 0 Å². The molecule has 0 atom stereocenters. The Hall–Kier alpha value is -4.32. The van der Waals surface area contributed by atoms with E-state index in [1.165, 1.54) is 0 Å². The maximum atomic E-state index is 12.8. The SMILES string of the molecule is CN1/C(=C\C2=C(O)C(=C/c3ccc4cc(O)ccc4[n+]3C)/C2=O)C=Cc2cc(O)ccc21. The Kier molecular flexibility index (Phi) is 4.37. The Balaban J connectivity index is 1.49. The van der Waals surface area contributed by atoms with Gasteiger partial charge >= 0.3 is 0 Å². The number of pyridine rings is 1. The van der Waals surface area contributed by atoms with Gasteiger partial charge in [-0.3, -0.25) is 4.79 Å². The maximum absolute atomic E-state index is 12.8. The number of allylic oxidation sites excluding steroid dienone is 4. The third-order valence-corrected chi connectivity index (χ3v) is 5.97. The Labute approximate surface area is 184 Å². The number of rotatable bonds is 2. The van der Waals surface area contributed by atoms with Crippen molar-refractivity contribution in [3.05, 3.63) is 94.5 Å². The molecule has 5 rings (SSSR count). The number of aliphatic hydroxyl groups is 1. The zero-order chi connectivity index (χ0) is 22.6. The topological polar surface area (TPSA) is 84.9 Å². The predicted molar refractivity (Wildman–Crippen MR) is 123 cm³/mol. The number of aryl methyl sites for hydroxylation is 1. The van der Waals surface area contributed by atoms with E-state index in [-0.39, 0.29) is 34.2 Å². The summed E-state index contributed by atoms with van der Waals surface area (Å²) >= 11 is 0. The van der Waals surface area contributed by atoms with Crippen LogP contribution in [-0.2, 0) is 11.8 Å². The van der Waals surface area contributed by atoms with Crippen LogP contribution in [0.25, 0.3) is 23.1 Å². The lowest BCUT2D eigenvalue weighted by atomic mass is 9.86. The molecule has 2 heterocycles. The number of carbonyl (C=O) groups is 1. The van der Waals surface area contributed by atoms with Crippen LogP contribution in [0.2, 0.25) is 0 Å². The van der Waals surface area contributed by atoms with Crippen molar-refractivity contribution in [1.82, 2.24) is 0 Å². The van der Waals surface area contributed by atoms with Crippen LogP contribution >= 0.6 is 0 Å². The van der Waals surface area contributed by atoms with Crippen molar-refractivity contribution in [2.75, 3.05) is 11.9 Å². The monoisotopic (exact) mass is 425 g/mol. The molecule has 0 unspecified atom stereocenters. The van der Waals surface area contributed by atoms with Gasteiger partial charge in [0.25, 0.3) is 0 Å². The molecule has 2 aromatic carbocycles. The van der Waals surface area contributed by atoms with Gasteiger partial charge in [-0.25, -0.2) is 0 Å². The van der Waals surface area contributed by atoms with E-state index in [9.17, 15) is 20.1 Å². The first-order chi connectivity index (χ1) is 15.3. The molecular weight excluding hydrogens is 404 g/mol. The molecule has 1 aromatic heterocycles. The molecule has 0 fully saturated rings. The van der Waals surface area contributed by atoms with Crippen molar-refractivity contribution in [3.8, 4) is 11.5 Å². The number of hydrogen-bond donors (Lipinski definition) is 3. The third kappa shape index (κ3) is 3.04. The average Bonchev–Trinajstić information content (AvgIpc) is 2.78. The summed E-state index contributed by atoms with van der Waals surface area (Å²) in [6.45, 7) is 0. The van der Waals surface area contributed by atoms with E-state index in [1.54, 1.807) is 36.4 Å². The fraction of sp³-hybridized carbons (Fsp3) is 0.0769. The number of hydrogen-bond acceptors (Lipinski definition) is 5. The van der Waals surface area contributed by atoms with Crippen molar-refractivity contribution < 1.29 is 24.7 Å². The number of ketones is 1. The van der Waals surface area contributed by atoms with E-state index in [1.807, 2.05) is 60.0 Å². The molecule has 1 aliphatic carbocycles. The summed E-state index contributed by atoms with van der Waals surface area (Å²) in [5.41, 5.74) is 4.71. The summed E-state index contributed by atoms with van der Waals surface area (Å²) in [5.74, 6) is 0.125. The van der Waals surface area contributed by atoms with E-state index in [2.05, 4.69) is 0 Å². The maximum Gasteiger partial charge on any atom is 0.212 e. The molecule has 1 aliphatic heterocycles. The minimum Gasteiger partial charge on any atom is -0.508 e. The van der Waals surface area contributed by atoms with Gasteiger partial charge in [-0.2, -0.15) is 4.57 Å². The van der Waals surface area contributed by atoms with Crippen LogP contribution in [0.15, 0.2) is 83.3 Å². The summed E-state index contributed by atoms with van der Waals surface area (Å²) in [6, 6.07) is 13.9. The highest BCUT2D eigenvalue weighted by Gasteiger charge is 2.34. The minimum atomic E-state index is -0.223. The van der Waals surface area contributed by atoms with E-state index in [0.717, 1.165) is 33.5 Å². The number of Topliss-reactive ketones (excluding diaryl/α,β-unsaturated/α-hetero) is 1. The van der Waals surface area contributed by atoms with Gasteiger partial charge < -0.3 is 20.2 Å². The van der Waals surface area contributed by atoms with Gasteiger partial charge in [0.15, 0.2) is 0 Å². The van der Waals surface area contributed by atoms with Crippen molar-refractivity contribution >= 4 is 34.5 Å². The number of nitrogens with zero attached hydrogens (tertiary/aromatic N) is 2. The second-order valence-corrected chi connectivity index (χ2v) is 7.91. The molecule has 0 amide bonds. The molecule has 2 aliphatic rings. The van der Waals surface area contributed by atoms with Gasteiger partial charge in [-0.15, -0.1) is 0 Å². The number of aliphatic hydroxyl groups excluding tert-OH is 1. The lowest BCUT2D eigenvalue weighted by Crippen LogP contribution is -2.33. The van der Waals surface area contributed by atoms with Crippen molar-refractivity contribution in [3.63, 3.8) is 0 Å². The van der Waals surface area contributed by atoms with E-state index in [4.69, 9.17) is 0 Å². The average molecular weight is 425 g/mol. The molecule has 6 nitrogen and oxygen atoms in total. The highest BCUT2D eigenvalue weighted by atomic mass is 16.3. The summed E-state index contributed by atoms with van der Waals surface area (Å²) in [6.07, 6.45) is 7.05. The van der Waals surface area contributed by atoms with Gasteiger partial charge in [0.1, 0.15) is 24.3 Å². The molecule has 0 spiro atoms. The summed E-state index contributed by atoms with van der Waals surface area (Å²) in [5, 5.41) is 30.8. The van der Waals surface area contributed by atoms with Crippen molar-refractivity contribution in [2.24, 2.45) is 7.05 Å². The molecule has 32 heavy (non-hydrogen) atoms. The second kappa shape index (κ2) is 7.13. The number of fused-ring (bicyclic) bond motifs is 2. The highest BCUT2D eigenvalue weighted by Crippen LogP contribution is 2.36. The number of aromatic nitrogens is 1. The zero-order valence-corrected chi connectivity index (χ0v) is 17.6. The Bertz CT molecular complexity index is 1440. The summed E-state index contributed by atoms with van der Waals surface area (Å²) in [4.78, 5) is 14.7. The Morgan fingerprint density at radius 2 is 1.66 bits per heavy atom. The van der Waals surface area contributed by atoms with Crippen LogP contribution < -0.4 is 9.47 Å². The number of carbonyl (C=O) groups excluding carboxylic acids is 1. The summed E-state index contributed by atoms with van der Waals surface area (Å²) in [7, 11) is 3.74. The normalized spacial score (nSPS) is 17.9. The number of likely N-dealkylation sites (N-methyl/N-ethyl adjacent to an activating group) is 1. The molecule has 0 radical (unpaired) electrons. The van der Waals surface area contributed by atoms with E-state index in [0.29, 0.717) is 0 Å². The van der Waals surface area contributed by atoms with Gasteiger partial charge in [-0.1, -0.05) is 6.08 Å². The summed E-state index contributed by atoms with van der Waals surface area (Å²) < 4.78 is 1.91. The molecule has 3 N–H and O–H groups in total. The van der Waals surface area contributed by atoms with E-state index >= 15 is 0 Å². The van der Waals surface area contributed by atoms with Crippen LogP contribution in [0.5, 0.6) is 11.5 Å². The minimum absolute atomic E-state index is 0.0355. The number of anilines is 1. The number of phenols is 2. The molecule has 158 valence electrons. The van der Waals surface area contributed by atoms with Gasteiger partial charge in [0.05, 0.1) is 16.5 Å². The van der Waals surface area contributed by atoms with Crippen LogP contribution in [0.3, 0.4) is 0 Å². The number of benzene rings is 2. The largest absolute Gasteiger partial charge is 0.508 e. The first kappa shape index (κ1) is 19.6. The Morgan fingerprint density at radius 1 is 0.906 bits per heavy atom.